The maximum atomic E-state index is 12.7. The van der Waals surface area contributed by atoms with Crippen molar-refractivity contribution in [3.05, 3.63) is 0 Å². The first-order chi connectivity index (χ1) is 12.0. The number of carboxylic acid groups (broad SMARTS) is 1. The highest BCUT2D eigenvalue weighted by atomic mass is 16.6. The molecular weight excluding hydrogens is 320 g/mol. The van der Waals surface area contributed by atoms with Crippen LogP contribution in [0.15, 0.2) is 0 Å². The van der Waals surface area contributed by atoms with E-state index in [2.05, 4.69) is 0 Å². The summed E-state index contributed by atoms with van der Waals surface area (Å²) in [5.74, 6) is 0.253. The summed E-state index contributed by atoms with van der Waals surface area (Å²) in [7, 11) is 0. The average molecular weight is 348 g/mol. The first-order valence-electron chi connectivity index (χ1n) is 10.2. The molecule has 5 nitrogen and oxygen atoms in total. The van der Waals surface area contributed by atoms with Crippen LogP contribution >= 0.6 is 0 Å². The molecule has 6 aliphatic rings. The molecule has 0 bridgehead atoms. The van der Waals surface area contributed by atoms with Crippen LogP contribution in [0.2, 0.25) is 0 Å². The Bertz CT molecular complexity index is 591. The van der Waals surface area contributed by atoms with Crippen LogP contribution < -0.4 is 0 Å². The van der Waals surface area contributed by atoms with Gasteiger partial charge in [-0.2, -0.15) is 0 Å². The lowest BCUT2D eigenvalue weighted by Gasteiger charge is -2.58. The maximum absolute atomic E-state index is 12.7. The summed E-state index contributed by atoms with van der Waals surface area (Å²) in [6.45, 7) is 2.01. The fourth-order valence-corrected chi connectivity index (χ4v) is 7.43. The van der Waals surface area contributed by atoms with Crippen LogP contribution in [0.3, 0.4) is 0 Å². The quantitative estimate of drug-likeness (QED) is 0.794. The Balaban J connectivity index is 1.43. The summed E-state index contributed by atoms with van der Waals surface area (Å²) in [6.07, 6.45) is 10.4. The van der Waals surface area contributed by atoms with E-state index in [9.17, 15) is 9.90 Å². The number of carbonyl (C=O) groups is 1. The van der Waals surface area contributed by atoms with Crippen molar-refractivity contribution in [1.29, 1.82) is 0 Å². The highest BCUT2D eigenvalue weighted by Gasteiger charge is 2.74. The molecule has 0 amide bonds. The number of aliphatic carboxylic acids is 1. The summed E-state index contributed by atoms with van der Waals surface area (Å²) >= 11 is 0. The SMILES string of the molecule is CC1(C(=O)O)C2OC2CCC1(C1CCC2OC2C1)C1CCC2OC2C1. The van der Waals surface area contributed by atoms with Gasteiger partial charge in [-0.1, -0.05) is 0 Å². The molecule has 9 atom stereocenters. The van der Waals surface area contributed by atoms with Crippen LogP contribution in [0.5, 0.6) is 0 Å². The predicted octanol–water partition coefficient (Wildman–Crippen LogP) is 2.76. The van der Waals surface area contributed by atoms with Crippen molar-refractivity contribution >= 4 is 5.97 Å². The molecule has 5 heteroatoms. The minimum absolute atomic E-state index is 0.0885. The van der Waals surface area contributed by atoms with E-state index in [1.807, 2.05) is 6.92 Å². The molecule has 0 radical (unpaired) electrons. The second-order valence-corrected chi connectivity index (χ2v) is 9.63. The Kier molecular flexibility index (Phi) is 2.95. The molecule has 0 aromatic rings. The van der Waals surface area contributed by atoms with Crippen molar-refractivity contribution in [3.8, 4) is 0 Å². The van der Waals surface area contributed by atoms with E-state index in [0.717, 1.165) is 51.4 Å². The molecule has 3 aliphatic carbocycles. The van der Waals surface area contributed by atoms with Crippen molar-refractivity contribution in [2.24, 2.45) is 22.7 Å². The Labute approximate surface area is 148 Å². The highest BCUT2D eigenvalue weighted by molar-refractivity contribution is 5.77. The van der Waals surface area contributed by atoms with Crippen LogP contribution in [0.1, 0.15) is 58.3 Å². The van der Waals surface area contributed by atoms with Gasteiger partial charge in [-0.3, -0.25) is 4.79 Å². The monoisotopic (exact) mass is 348 g/mol. The summed E-state index contributed by atoms with van der Waals surface area (Å²) in [6, 6.07) is 0. The number of carboxylic acids is 1. The predicted molar refractivity (Wildman–Crippen MR) is 88.1 cm³/mol. The van der Waals surface area contributed by atoms with Gasteiger partial charge in [-0.05, 0) is 75.5 Å². The maximum Gasteiger partial charge on any atom is 0.312 e. The summed E-state index contributed by atoms with van der Waals surface area (Å²) in [5, 5.41) is 10.4. The first-order valence-corrected chi connectivity index (χ1v) is 10.2. The molecule has 0 aromatic carbocycles. The zero-order chi connectivity index (χ0) is 17.0. The lowest BCUT2D eigenvalue weighted by Crippen LogP contribution is -2.60. The van der Waals surface area contributed by atoms with Gasteiger partial charge in [-0.15, -0.1) is 0 Å². The third-order valence-electron chi connectivity index (χ3n) is 8.87. The third kappa shape index (κ3) is 1.93. The number of hydrogen-bond acceptors (Lipinski definition) is 4. The summed E-state index contributed by atoms with van der Waals surface area (Å²) in [5.41, 5.74) is -0.932. The van der Waals surface area contributed by atoms with Crippen LogP contribution in [0, 0.1) is 22.7 Å². The molecule has 3 saturated carbocycles. The molecule has 138 valence electrons. The van der Waals surface area contributed by atoms with E-state index in [1.165, 1.54) is 0 Å². The standard InChI is InChI=1S/C20H28O5/c1-19(18(21)22)17-14(25-17)6-7-20(19,10-2-4-12-15(8-10)23-12)11-3-5-13-16(9-11)24-13/h10-17H,2-9H2,1H3,(H,21,22). The summed E-state index contributed by atoms with van der Waals surface area (Å²) in [4.78, 5) is 12.7. The molecular formula is C20H28O5. The van der Waals surface area contributed by atoms with Crippen LogP contribution in [-0.4, -0.2) is 47.7 Å². The van der Waals surface area contributed by atoms with Gasteiger partial charge in [0.25, 0.3) is 0 Å². The van der Waals surface area contributed by atoms with Crippen LogP contribution in [-0.2, 0) is 19.0 Å². The van der Waals surface area contributed by atoms with E-state index in [-0.39, 0.29) is 17.6 Å². The second-order valence-electron chi connectivity index (χ2n) is 9.63. The van der Waals surface area contributed by atoms with E-state index < -0.39 is 11.4 Å². The molecule has 9 unspecified atom stereocenters. The Morgan fingerprint density at radius 2 is 1.44 bits per heavy atom. The highest BCUT2D eigenvalue weighted by Crippen LogP contribution is 2.69. The number of rotatable bonds is 3. The van der Waals surface area contributed by atoms with Gasteiger partial charge in [-0.25, -0.2) is 0 Å². The number of hydrogen-bond donors (Lipinski definition) is 1. The Hall–Kier alpha value is -0.650. The van der Waals surface area contributed by atoms with E-state index in [1.54, 1.807) is 0 Å². The van der Waals surface area contributed by atoms with Crippen molar-refractivity contribution in [3.63, 3.8) is 0 Å². The van der Waals surface area contributed by atoms with Crippen LogP contribution in [0.4, 0.5) is 0 Å². The van der Waals surface area contributed by atoms with Crippen molar-refractivity contribution in [1.82, 2.24) is 0 Å². The van der Waals surface area contributed by atoms with Gasteiger partial charge in [0.1, 0.15) is 6.10 Å². The molecule has 0 aromatic heterocycles. The topological polar surface area (TPSA) is 74.9 Å². The largest absolute Gasteiger partial charge is 0.481 e. The zero-order valence-corrected chi connectivity index (χ0v) is 14.9. The molecule has 1 N–H and O–H groups in total. The summed E-state index contributed by atoms with van der Waals surface area (Å²) < 4.78 is 17.6. The smallest absolute Gasteiger partial charge is 0.312 e. The second kappa shape index (κ2) is 4.79. The van der Waals surface area contributed by atoms with Gasteiger partial charge in [0, 0.05) is 0 Å². The average Bonchev–Trinajstić information content (AvgIpc) is 3.47. The van der Waals surface area contributed by atoms with Crippen LogP contribution in [0.25, 0.3) is 0 Å². The first kappa shape index (κ1) is 15.4. The molecule has 0 spiro atoms. The van der Waals surface area contributed by atoms with E-state index in [0.29, 0.717) is 36.3 Å². The lowest BCUT2D eigenvalue weighted by molar-refractivity contribution is -0.177. The fourth-order valence-electron chi connectivity index (χ4n) is 7.43. The van der Waals surface area contributed by atoms with Gasteiger partial charge < -0.3 is 19.3 Å². The van der Waals surface area contributed by atoms with Gasteiger partial charge >= 0.3 is 5.97 Å². The Morgan fingerprint density at radius 1 is 0.840 bits per heavy atom. The minimum Gasteiger partial charge on any atom is -0.481 e. The number of epoxide rings is 3. The molecule has 3 aliphatic heterocycles. The number of ether oxygens (including phenoxy) is 3. The molecule has 3 saturated heterocycles. The molecule has 25 heavy (non-hydrogen) atoms. The van der Waals surface area contributed by atoms with E-state index >= 15 is 0 Å². The zero-order valence-electron chi connectivity index (χ0n) is 14.9. The lowest BCUT2D eigenvalue weighted by atomic mass is 9.44. The normalized spacial score (nSPS) is 61.5. The minimum atomic E-state index is -0.769. The van der Waals surface area contributed by atoms with Gasteiger partial charge in [0.2, 0.25) is 0 Å². The number of fused-ring (bicyclic) bond motifs is 3. The fraction of sp³-hybridized carbons (Fsp3) is 0.950. The van der Waals surface area contributed by atoms with Crippen molar-refractivity contribution < 1.29 is 24.1 Å². The Morgan fingerprint density at radius 3 is 1.96 bits per heavy atom. The molecule has 3 heterocycles. The van der Waals surface area contributed by atoms with Crippen molar-refractivity contribution in [2.75, 3.05) is 0 Å². The van der Waals surface area contributed by atoms with Gasteiger partial charge in [0.05, 0.1) is 35.9 Å². The third-order valence-corrected chi connectivity index (χ3v) is 8.87. The molecule has 6 rings (SSSR count). The molecule has 6 fully saturated rings. The van der Waals surface area contributed by atoms with Gasteiger partial charge in [0.15, 0.2) is 0 Å². The van der Waals surface area contributed by atoms with Crippen molar-refractivity contribution in [2.45, 2.75) is 94.9 Å². The van der Waals surface area contributed by atoms with E-state index in [4.69, 9.17) is 14.2 Å².